The Bertz CT molecular complexity index is 869. The Labute approximate surface area is 176 Å². The first-order valence-corrected chi connectivity index (χ1v) is 10.3. The molecule has 0 spiro atoms. The fraction of sp³-hybridized carbons (Fsp3) is 0.435. The number of hydrogen-bond donors (Lipinski definition) is 3. The van der Waals surface area contributed by atoms with Crippen LogP contribution in [0.3, 0.4) is 0 Å². The average molecular weight is 412 g/mol. The van der Waals surface area contributed by atoms with Crippen LogP contribution < -0.4 is 15.4 Å². The molecule has 0 aliphatic carbocycles. The molecule has 3 N–H and O–H groups in total. The molecule has 30 heavy (non-hydrogen) atoms. The van der Waals surface area contributed by atoms with Crippen LogP contribution in [0.5, 0.6) is 11.5 Å². The van der Waals surface area contributed by atoms with Gasteiger partial charge in [-0.2, -0.15) is 0 Å². The number of esters is 1. The molecule has 2 saturated heterocycles. The van der Waals surface area contributed by atoms with Gasteiger partial charge in [-0.3, -0.25) is 0 Å². The van der Waals surface area contributed by atoms with Gasteiger partial charge in [0.05, 0.1) is 13.7 Å². The predicted octanol–water partition coefficient (Wildman–Crippen LogP) is 1.63. The molecule has 7 heteroatoms. The molecule has 0 saturated carbocycles. The van der Waals surface area contributed by atoms with Crippen molar-refractivity contribution >= 4 is 5.97 Å². The van der Waals surface area contributed by atoms with E-state index in [0.29, 0.717) is 38.4 Å². The number of aromatic hydroxyl groups is 1. The Kier molecular flexibility index (Phi) is 6.22. The molecule has 2 atom stereocenters. The Balaban J connectivity index is 1.37. The van der Waals surface area contributed by atoms with Gasteiger partial charge in [0.1, 0.15) is 17.6 Å². The van der Waals surface area contributed by atoms with Crippen molar-refractivity contribution in [3.63, 3.8) is 0 Å². The first-order chi connectivity index (χ1) is 14.6. The number of carbonyl (C=O) groups is 1. The Morgan fingerprint density at radius 1 is 1.13 bits per heavy atom. The van der Waals surface area contributed by atoms with Crippen molar-refractivity contribution in [1.29, 1.82) is 0 Å². The van der Waals surface area contributed by atoms with E-state index in [1.54, 1.807) is 13.2 Å². The second-order valence-corrected chi connectivity index (χ2v) is 7.93. The van der Waals surface area contributed by atoms with E-state index in [-0.39, 0.29) is 23.7 Å². The SMILES string of the molecule is COc1ccc(CC2CNCC2OC(=O)C2(OCc3ccccc3)CNC2)c(O)c1. The summed E-state index contributed by atoms with van der Waals surface area (Å²) in [6.07, 6.45) is 0.341. The maximum absolute atomic E-state index is 13.0. The maximum Gasteiger partial charge on any atom is 0.341 e. The number of methoxy groups -OCH3 is 1. The van der Waals surface area contributed by atoms with Gasteiger partial charge in [0.25, 0.3) is 0 Å². The minimum Gasteiger partial charge on any atom is -0.508 e. The summed E-state index contributed by atoms with van der Waals surface area (Å²) in [5.41, 5.74) is 0.892. The van der Waals surface area contributed by atoms with Crippen molar-refractivity contribution in [3.05, 3.63) is 59.7 Å². The zero-order valence-electron chi connectivity index (χ0n) is 17.1. The van der Waals surface area contributed by atoms with Crippen LogP contribution in [-0.2, 0) is 27.3 Å². The molecule has 2 aliphatic rings. The topological polar surface area (TPSA) is 89.1 Å². The van der Waals surface area contributed by atoms with E-state index >= 15 is 0 Å². The highest BCUT2D eigenvalue weighted by Gasteiger charge is 2.49. The lowest BCUT2D eigenvalue weighted by atomic mass is 9.94. The zero-order chi connectivity index (χ0) is 21.0. The van der Waals surface area contributed by atoms with Gasteiger partial charge in [-0.05, 0) is 23.6 Å². The summed E-state index contributed by atoms with van der Waals surface area (Å²) in [4.78, 5) is 13.0. The number of benzene rings is 2. The van der Waals surface area contributed by atoms with Gasteiger partial charge < -0.3 is 30.0 Å². The van der Waals surface area contributed by atoms with Gasteiger partial charge in [-0.15, -0.1) is 0 Å². The molecule has 0 aromatic heterocycles. The van der Waals surface area contributed by atoms with E-state index in [4.69, 9.17) is 14.2 Å². The molecule has 2 fully saturated rings. The van der Waals surface area contributed by atoms with Gasteiger partial charge in [0.2, 0.25) is 0 Å². The van der Waals surface area contributed by atoms with Gasteiger partial charge in [-0.1, -0.05) is 36.4 Å². The van der Waals surface area contributed by atoms with Gasteiger partial charge in [0, 0.05) is 38.2 Å². The molecular weight excluding hydrogens is 384 g/mol. The number of rotatable bonds is 8. The van der Waals surface area contributed by atoms with Crippen molar-refractivity contribution in [2.24, 2.45) is 5.92 Å². The number of carbonyl (C=O) groups excluding carboxylic acids is 1. The van der Waals surface area contributed by atoms with E-state index < -0.39 is 5.60 Å². The van der Waals surface area contributed by atoms with Crippen LogP contribution in [0.1, 0.15) is 11.1 Å². The Morgan fingerprint density at radius 3 is 2.60 bits per heavy atom. The zero-order valence-corrected chi connectivity index (χ0v) is 17.1. The van der Waals surface area contributed by atoms with E-state index in [0.717, 1.165) is 17.7 Å². The molecule has 0 radical (unpaired) electrons. The first-order valence-electron chi connectivity index (χ1n) is 10.3. The number of ether oxygens (including phenoxy) is 3. The molecule has 2 aliphatic heterocycles. The molecule has 0 bridgehead atoms. The highest BCUT2D eigenvalue weighted by atomic mass is 16.6. The normalized spacial score (nSPS) is 22.3. The molecule has 7 nitrogen and oxygen atoms in total. The van der Waals surface area contributed by atoms with E-state index in [9.17, 15) is 9.90 Å². The summed E-state index contributed by atoms with van der Waals surface area (Å²) in [7, 11) is 1.57. The minimum atomic E-state index is -0.939. The number of nitrogens with one attached hydrogen (secondary N) is 2. The first kappa shape index (κ1) is 20.7. The summed E-state index contributed by atoms with van der Waals surface area (Å²) in [5.74, 6) is 0.554. The van der Waals surface area contributed by atoms with Gasteiger partial charge in [-0.25, -0.2) is 4.79 Å². The molecule has 4 rings (SSSR count). The van der Waals surface area contributed by atoms with Gasteiger partial charge >= 0.3 is 5.97 Å². The third-order valence-corrected chi connectivity index (χ3v) is 5.86. The van der Waals surface area contributed by atoms with Crippen LogP contribution in [0.2, 0.25) is 0 Å². The lowest BCUT2D eigenvalue weighted by molar-refractivity contribution is -0.188. The lowest BCUT2D eigenvalue weighted by Gasteiger charge is -2.40. The van der Waals surface area contributed by atoms with Crippen LogP contribution in [0.4, 0.5) is 0 Å². The standard InChI is InChI=1S/C23H28N2O5/c1-28-19-8-7-17(20(26)10-19)9-18-11-24-12-21(18)30-22(27)23(14-25-15-23)29-13-16-5-3-2-4-6-16/h2-8,10,18,21,24-26H,9,11-15H2,1H3. The number of phenols is 1. The van der Waals surface area contributed by atoms with E-state index in [1.165, 1.54) is 0 Å². The van der Waals surface area contributed by atoms with Crippen molar-refractivity contribution in [3.8, 4) is 11.5 Å². The van der Waals surface area contributed by atoms with E-state index in [2.05, 4.69) is 10.6 Å². The average Bonchev–Trinajstić information content (AvgIpc) is 3.16. The van der Waals surface area contributed by atoms with E-state index in [1.807, 2.05) is 42.5 Å². The van der Waals surface area contributed by atoms with Crippen LogP contribution >= 0.6 is 0 Å². The van der Waals surface area contributed by atoms with Crippen LogP contribution in [0, 0.1) is 5.92 Å². The number of phenolic OH excluding ortho intramolecular Hbond substituents is 1. The summed E-state index contributed by atoms with van der Waals surface area (Å²) < 4.78 is 17.1. The molecule has 2 unspecified atom stereocenters. The molecule has 2 aromatic carbocycles. The summed E-state index contributed by atoms with van der Waals surface area (Å²) in [5, 5.41) is 16.7. The summed E-state index contributed by atoms with van der Waals surface area (Å²) in [6, 6.07) is 15.1. The van der Waals surface area contributed by atoms with Gasteiger partial charge in [0.15, 0.2) is 5.60 Å². The second-order valence-electron chi connectivity index (χ2n) is 7.93. The Morgan fingerprint density at radius 2 is 1.93 bits per heavy atom. The third-order valence-electron chi connectivity index (χ3n) is 5.86. The van der Waals surface area contributed by atoms with Crippen molar-refractivity contribution in [2.75, 3.05) is 33.3 Å². The minimum absolute atomic E-state index is 0.0763. The monoisotopic (exact) mass is 412 g/mol. The summed E-state index contributed by atoms with van der Waals surface area (Å²) >= 11 is 0. The summed E-state index contributed by atoms with van der Waals surface area (Å²) in [6.45, 7) is 2.57. The van der Waals surface area contributed by atoms with Crippen molar-refractivity contribution in [1.82, 2.24) is 10.6 Å². The highest BCUT2D eigenvalue weighted by molar-refractivity contribution is 5.82. The predicted molar refractivity (Wildman–Crippen MR) is 111 cm³/mol. The van der Waals surface area contributed by atoms with Crippen LogP contribution in [0.25, 0.3) is 0 Å². The largest absolute Gasteiger partial charge is 0.508 e. The van der Waals surface area contributed by atoms with Crippen LogP contribution in [0.15, 0.2) is 48.5 Å². The molecular formula is C23H28N2O5. The Hall–Kier alpha value is -2.61. The molecule has 0 amide bonds. The molecule has 160 valence electrons. The maximum atomic E-state index is 13.0. The highest BCUT2D eigenvalue weighted by Crippen LogP contribution is 2.29. The fourth-order valence-corrected chi connectivity index (χ4v) is 3.87. The lowest BCUT2D eigenvalue weighted by Crippen LogP contribution is -2.66. The second kappa shape index (κ2) is 9.04. The number of hydrogen-bond acceptors (Lipinski definition) is 7. The molecule has 2 aromatic rings. The quantitative estimate of drug-likeness (QED) is 0.568. The fourth-order valence-electron chi connectivity index (χ4n) is 3.87. The molecule has 2 heterocycles. The third kappa shape index (κ3) is 4.43. The van der Waals surface area contributed by atoms with Crippen molar-refractivity contribution in [2.45, 2.75) is 24.7 Å². The van der Waals surface area contributed by atoms with Crippen LogP contribution in [-0.4, -0.2) is 56.1 Å². The van der Waals surface area contributed by atoms with Crippen molar-refractivity contribution < 1.29 is 24.1 Å². The smallest absolute Gasteiger partial charge is 0.341 e.